The summed E-state index contributed by atoms with van der Waals surface area (Å²) >= 11 is 0. The highest BCUT2D eigenvalue weighted by molar-refractivity contribution is 4.77. The van der Waals surface area contributed by atoms with Crippen molar-refractivity contribution in [3.63, 3.8) is 0 Å². The van der Waals surface area contributed by atoms with Gasteiger partial charge >= 0.3 is 0 Å². The van der Waals surface area contributed by atoms with Crippen molar-refractivity contribution in [2.75, 3.05) is 20.3 Å². The maximum absolute atomic E-state index is 6.10. The van der Waals surface area contributed by atoms with Gasteiger partial charge in [-0.2, -0.15) is 0 Å². The zero-order valence-electron chi connectivity index (χ0n) is 13.9. The van der Waals surface area contributed by atoms with Crippen LogP contribution in [0.15, 0.2) is 0 Å². The number of hydrogen-bond acceptors (Lipinski definition) is 3. The summed E-state index contributed by atoms with van der Waals surface area (Å²) in [6, 6.07) is 0.487. The summed E-state index contributed by atoms with van der Waals surface area (Å²) < 4.78 is 11.5. The molecule has 19 heavy (non-hydrogen) atoms. The summed E-state index contributed by atoms with van der Waals surface area (Å²) in [6.45, 7) is 12.7. The number of nitrogens with one attached hydrogen (secondary N) is 1. The van der Waals surface area contributed by atoms with Gasteiger partial charge in [-0.3, -0.25) is 0 Å². The first-order chi connectivity index (χ1) is 9.00. The molecule has 0 saturated carbocycles. The maximum Gasteiger partial charge on any atom is 0.0725 e. The van der Waals surface area contributed by atoms with Gasteiger partial charge in [0, 0.05) is 19.8 Å². The van der Waals surface area contributed by atoms with E-state index in [-0.39, 0.29) is 5.60 Å². The van der Waals surface area contributed by atoms with Crippen LogP contribution >= 0.6 is 0 Å². The van der Waals surface area contributed by atoms with E-state index in [1.54, 1.807) is 7.11 Å². The average Bonchev–Trinajstić information content (AvgIpc) is 2.40. The zero-order chi connectivity index (χ0) is 14.7. The van der Waals surface area contributed by atoms with Crippen LogP contribution in [0.2, 0.25) is 0 Å². The van der Waals surface area contributed by atoms with Crippen LogP contribution in [0.3, 0.4) is 0 Å². The van der Waals surface area contributed by atoms with E-state index >= 15 is 0 Å². The van der Waals surface area contributed by atoms with Gasteiger partial charge in [0.25, 0.3) is 0 Å². The van der Waals surface area contributed by atoms with E-state index in [1.807, 2.05) is 0 Å². The molecule has 0 aromatic heterocycles. The molecule has 0 aromatic rings. The van der Waals surface area contributed by atoms with Gasteiger partial charge in [-0.05, 0) is 46.1 Å². The third-order valence-corrected chi connectivity index (χ3v) is 3.70. The fraction of sp³-hybridized carbons (Fsp3) is 1.00. The van der Waals surface area contributed by atoms with Gasteiger partial charge in [0.15, 0.2) is 0 Å². The summed E-state index contributed by atoms with van der Waals surface area (Å²) in [5.74, 6) is 0. The first kappa shape index (κ1) is 18.9. The molecule has 0 aromatic carbocycles. The van der Waals surface area contributed by atoms with Crippen LogP contribution in [0, 0.1) is 0 Å². The minimum Gasteiger partial charge on any atom is -0.379 e. The van der Waals surface area contributed by atoms with Crippen LogP contribution in [-0.2, 0) is 9.47 Å². The fourth-order valence-corrected chi connectivity index (χ4v) is 2.14. The van der Waals surface area contributed by atoms with E-state index in [4.69, 9.17) is 9.47 Å². The Labute approximate surface area is 120 Å². The van der Waals surface area contributed by atoms with E-state index < -0.39 is 0 Å². The van der Waals surface area contributed by atoms with Gasteiger partial charge in [-0.25, -0.2) is 0 Å². The highest BCUT2D eigenvalue weighted by atomic mass is 16.5. The number of rotatable bonds is 12. The standard InChI is InChI=1S/C16H35NO2/c1-7-10-14(17-12-8-2)15(9-3)19-13-11-16(4,5)18-6/h14-15,17H,7-13H2,1-6H3. The molecule has 0 bridgehead atoms. The van der Waals surface area contributed by atoms with E-state index in [1.165, 1.54) is 19.3 Å². The Morgan fingerprint density at radius 1 is 1.11 bits per heavy atom. The molecule has 0 aliphatic heterocycles. The van der Waals surface area contributed by atoms with Crippen LogP contribution in [0.25, 0.3) is 0 Å². The van der Waals surface area contributed by atoms with Crippen molar-refractivity contribution in [3.05, 3.63) is 0 Å². The Morgan fingerprint density at radius 2 is 1.79 bits per heavy atom. The summed E-state index contributed by atoms with van der Waals surface area (Å²) in [7, 11) is 1.76. The molecule has 0 aliphatic carbocycles. The lowest BCUT2D eigenvalue weighted by Gasteiger charge is -2.29. The predicted molar refractivity (Wildman–Crippen MR) is 82.7 cm³/mol. The van der Waals surface area contributed by atoms with Crippen molar-refractivity contribution in [2.24, 2.45) is 0 Å². The first-order valence-corrected chi connectivity index (χ1v) is 7.90. The summed E-state index contributed by atoms with van der Waals surface area (Å²) in [5.41, 5.74) is -0.0879. The molecule has 1 N–H and O–H groups in total. The molecular formula is C16H35NO2. The second kappa shape index (κ2) is 10.6. The highest BCUT2D eigenvalue weighted by Gasteiger charge is 2.21. The van der Waals surface area contributed by atoms with E-state index in [0.29, 0.717) is 12.1 Å². The van der Waals surface area contributed by atoms with Crippen LogP contribution in [0.4, 0.5) is 0 Å². The Kier molecular flexibility index (Phi) is 10.6. The zero-order valence-corrected chi connectivity index (χ0v) is 13.9. The lowest BCUT2D eigenvalue weighted by molar-refractivity contribution is -0.0365. The molecule has 0 amide bonds. The normalized spacial score (nSPS) is 15.5. The van der Waals surface area contributed by atoms with Gasteiger partial charge in [0.05, 0.1) is 11.7 Å². The molecule has 3 heteroatoms. The minimum atomic E-state index is -0.0879. The Bertz CT molecular complexity index is 207. The van der Waals surface area contributed by atoms with Crippen molar-refractivity contribution in [1.29, 1.82) is 0 Å². The first-order valence-electron chi connectivity index (χ1n) is 7.90. The van der Waals surface area contributed by atoms with Crippen molar-refractivity contribution in [2.45, 2.75) is 84.5 Å². The molecule has 0 rings (SSSR count). The molecule has 0 aliphatic rings. The van der Waals surface area contributed by atoms with Crippen molar-refractivity contribution in [1.82, 2.24) is 5.32 Å². The third-order valence-electron chi connectivity index (χ3n) is 3.70. The van der Waals surface area contributed by atoms with Gasteiger partial charge in [-0.1, -0.05) is 27.2 Å². The summed E-state index contributed by atoms with van der Waals surface area (Å²) in [5, 5.41) is 3.63. The van der Waals surface area contributed by atoms with Gasteiger partial charge in [-0.15, -0.1) is 0 Å². The minimum absolute atomic E-state index is 0.0879. The Balaban J connectivity index is 4.19. The molecule has 116 valence electrons. The molecule has 0 radical (unpaired) electrons. The van der Waals surface area contributed by atoms with Gasteiger partial charge < -0.3 is 14.8 Å². The molecule has 0 fully saturated rings. The quantitative estimate of drug-likeness (QED) is 0.587. The molecule has 3 nitrogen and oxygen atoms in total. The third kappa shape index (κ3) is 8.61. The topological polar surface area (TPSA) is 30.5 Å². The SMILES string of the molecule is CCCNC(CCC)C(CC)OCCC(C)(C)OC. The average molecular weight is 273 g/mol. The van der Waals surface area contributed by atoms with Gasteiger partial charge in [0.1, 0.15) is 0 Å². The summed E-state index contributed by atoms with van der Waals surface area (Å²) in [4.78, 5) is 0. The van der Waals surface area contributed by atoms with E-state index in [0.717, 1.165) is 26.0 Å². The number of methoxy groups -OCH3 is 1. The number of ether oxygens (including phenoxy) is 2. The molecule has 2 unspecified atom stereocenters. The predicted octanol–water partition coefficient (Wildman–Crippen LogP) is 3.77. The Morgan fingerprint density at radius 3 is 2.26 bits per heavy atom. The second-order valence-corrected chi connectivity index (χ2v) is 5.88. The van der Waals surface area contributed by atoms with E-state index in [2.05, 4.69) is 39.9 Å². The number of hydrogen-bond donors (Lipinski definition) is 1. The fourth-order valence-electron chi connectivity index (χ4n) is 2.14. The molecule has 2 atom stereocenters. The van der Waals surface area contributed by atoms with Crippen LogP contribution in [-0.4, -0.2) is 38.0 Å². The maximum atomic E-state index is 6.10. The smallest absolute Gasteiger partial charge is 0.0725 e. The van der Waals surface area contributed by atoms with Crippen LogP contribution < -0.4 is 5.32 Å². The molecule has 0 saturated heterocycles. The molecule has 0 spiro atoms. The van der Waals surface area contributed by atoms with Crippen LogP contribution in [0.1, 0.15) is 66.7 Å². The second-order valence-electron chi connectivity index (χ2n) is 5.88. The van der Waals surface area contributed by atoms with E-state index in [9.17, 15) is 0 Å². The van der Waals surface area contributed by atoms with Crippen molar-refractivity contribution < 1.29 is 9.47 Å². The molecular weight excluding hydrogens is 238 g/mol. The monoisotopic (exact) mass is 273 g/mol. The Hall–Kier alpha value is -0.120. The largest absolute Gasteiger partial charge is 0.379 e. The van der Waals surface area contributed by atoms with Crippen molar-refractivity contribution >= 4 is 0 Å². The lowest BCUT2D eigenvalue weighted by Crippen LogP contribution is -2.42. The molecule has 0 heterocycles. The highest BCUT2D eigenvalue weighted by Crippen LogP contribution is 2.16. The van der Waals surface area contributed by atoms with Crippen LogP contribution in [0.5, 0.6) is 0 Å². The lowest BCUT2D eigenvalue weighted by atomic mass is 10.0. The summed E-state index contributed by atoms with van der Waals surface area (Å²) in [6.07, 6.45) is 5.88. The van der Waals surface area contributed by atoms with Gasteiger partial charge in [0.2, 0.25) is 0 Å². The van der Waals surface area contributed by atoms with Crippen molar-refractivity contribution in [3.8, 4) is 0 Å².